The number of nitrogens with zero attached hydrogens (tertiary/aromatic N) is 6. The number of aromatic nitrogens is 3. The molecule has 0 bridgehead atoms. The Morgan fingerprint density at radius 1 is 1.19 bits per heavy atom. The van der Waals surface area contributed by atoms with E-state index in [-0.39, 0.29) is 0 Å². The molecule has 2 aliphatic carbocycles. The molecule has 184 valence electrons. The summed E-state index contributed by atoms with van der Waals surface area (Å²) in [5.41, 5.74) is 5.67. The third-order valence-electron chi connectivity index (χ3n) is 7.11. The van der Waals surface area contributed by atoms with Gasteiger partial charge in [0, 0.05) is 46.9 Å². The van der Waals surface area contributed by atoms with Gasteiger partial charge in [-0.25, -0.2) is 14.2 Å². The van der Waals surface area contributed by atoms with Crippen LogP contribution in [0.25, 0.3) is 0 Å². The molecule has 0 saturated heterocycles. The highest BCUT2D eigenvalue weighted by atomic mass is 32.2. The summed E-state index contributed by atoms with van der Waals surface area (Å²) in [5.74, 6) is 3.88. The van der Waals surface area contributed by atoms with E-state index in [1.165, 1.54) is 23.7 Å². The smallest absolute Gasteiger partial charge is 0.229 e. The molecular weight excluding hydrogens is 472 g/mol. The molecule has 3 atom stereocenters. The summed E-state index contributed by atoms with van der Waals surface area (Å²) in [7, 11) is -0.143. The zero-order chi connectivity index (χ0) is 25.0. The van der Waals surface area contributed by atoms with Crippen LogP contribution in [0.1, 0.15) is 34.6 Å². The molecule has 2 N–H and O–H groups in total. The first kappa shape index (κ1) is 22.9. The standard InChI is InChI=1S/C26H28N8OS/c1-34-13-17-9-19(8-16-7-15-10-20(15)21(14-34)24(16)17)29-26-28-12-18(11-27)25(32-26)31-22-5-4-6-23(30-22)33-36(2,3)35/h4-6,8-9,12,15,20-21H,7,10,13-14H2,1-3H3,(H2,28,29,30,31,32). The molecule has 3 heterocycles. The Labute approximate surface area is 211 Å². The lowest BCUT2D eigenvalue weighted by Gasteiger charge is -2.37. The van der Waals surface area contributed by atoms with E-state index in [1.807, 2.05) is 0 Å². The largest absolute Gasteiger partial charge is 0.324 e. The summed E-state index contributed by atoms with van der Waals surface area (Å²) in [6.07, 6.45) is 7.11. The minimum absolute atomic E-state index is 0.296. The Morgan fingerprint density at radius 2 is 2.03 bits per heavy atom. The van der Waals surface area contributed by atoms with Gasteiger partial charge in [-0.2, -0.15) is 14.6 Å². The molecule has 3 aromatic rings. The molecule has 1 fully saturated rings. The van der Waals surface area contributed by atoms with Crippen LogP contribution in [-0.4, -0.2) is 50.2 Å². The monoisotopic (exact) mass is 500 g/mol. The number of nitriles is 1. The molecule has 1 aromatic carbocycles. The maximum absolute atomic E-state index is 12.0. The van der Waals surface area contributed by atoms with Gasteiger partial charge >= 0.3 is 0 Å². The van der Waals surface area contributed by atoms with Crippen molar-refractivity contribution in [2.75, 3.05) is 36.7 Å². The van der Waals surface area contributed by atoms with Crippen LogP contribution in [0.4, 0.5) is 29.1 Å². The van der Waals surface area contributed by atoms with E-state index in [0.29, 0.717) is 34.9 Å². The van der Waals surface area contributed by atoms with E-state index in [0.717, 1.165) is 37.0 Å². The number of hydrogen-bond donors (Lipinski definition) is 2. The third kappa shape index (κ3) is 4.52. The van der Waals surface area contributed by atoms with Gasteiger partial charge in [-0.15, -0.1) is 0 Å². The lowest BCUT2D eigenvalue weighted by Crippen LogP contribution is -2.34. The summed E-state index contributed by atoms with van der Waals surface area (Å²) in [5, 5.41) is 16.1. The van der Waals surface area contributed by atoms with E-state index in [2.05, 4.69) is 60.1 Å². The van der Waals surface area contributed by atoms with Crippen LogP contribution in [-0.2, 0) is 22.7 Å². The summed E-state index contributed by atoms with van der Waals surface area (Å²) >= 11 is 0. The van der Waals surface area contributed by atoms with Crippen molar-refractivity contribution in [3.63, 3.8) is 0 Å². The zero-order valence-corrected chi connectivity index (χ0v) is 21.3. The average molecular weight is 501 g/mol. The van der Waals surface area contributed by atoms with E-state index in [4.69, 9.17) is 0 Å². The molecule has 3 aliphatic rings. The van der Waals surface area contributed by atoms with Crippen molar-refractivity contribution in [2.45, 2.75) is 25.3 Å². The van der Waals surface area contributed by atoms with E-state index < -0.39 is 9.73 Å². The predicted octanol–water partition coefficient (Wildman–Crippen LogP) is 4.31. The molecule has 2 aromatic heterocycles. The van der Waals surface area contributed by atoms with Gasteiger partial charge in [-0.05, 0) is 72.7 Å². The van der Waals surface area contributed by atoms with Gasteiger partial charge in [-0.1, -0.05) is 6.07 Å². The summed E-state index contributed by atoms with van der Waals surface area (Å²) < 4.78 is 16.2. The van der Waals surface area contributed by atoms with Crippen LogP contribution in [0.3, 0.4) is 0 Å². The summed E-state index contributed by atoms with van der Waals surface area (Å²) in [6.45, 7) is 2.10. The topological polar surface area (TPSA) is 119 Å². The fourth-order valence-corrected chi connectivity index (χ4v) is 6.23. The highest BCUT2D eigenvalue weighted by molar-refractivity contribution is 7.92. The van der Waals surface area contributed by atoms with Crippen molar-refractivity contribution >= 4 is 38.8 Å². The highest BCUT2D eigenvalue weighted by Crippen LogP contribution is 2.57. The predicted molar refractivity (Wildman–Crippen MR) is 140 cm³/mol. The second-order valence-electron chi connectivity index (χ2n) is 10.3. The van der Waals surface area contributed by atoms with Gasteiger partial charge in [0.25, 0.3) is 0 Å². The molecule has 0 amide bonds. The molecule has 1 aliphatic heterocycles. The third-order valence-corrected chi connectivity index (χ3v) is 7.73. The molecule has 3 unspecified atom stereocenters. The van der Waals surface area contributed by atoms with Crippen LogP contribution < -0.4 is 10.6 Å². The Morgan fingerprint density at radius 3 is 2.83 bits per heavy atom. The van der Waals surface area contributed by atoms with Crippen molar-refractivity contribution in [1.29, 1.82) is 5.26 Å². The fraction of sp³-hybridized carbons (Fsp3) is 0.385. The normalized spacial score (nSPS) is 22.1. The van der Waals surface area contributed by atoms with Crippen molar-refractivity contribution < 1.29 is 4.21 Å². The fourth-order valence-electron chi connectivity index (χ4n) is 5.68. The minimum Gasteiger partial charge on any atom is -0.324 e. The zero-order valence-electron chi connectivity index (χ0n) is 20.5. The number of benzene rings is 1. The van der Waals surface area contributed by atoms with E-state index in [1.54, 1.807) is 36.3 Å². The Balaban J connectivity index is 1.29. The molecular formula is C26H28N8OS. The molecule has 0 spiro atoms. The maximum Gasteiger partial charge on any atom is 0.229 e. The van der Waals surface area contributed by atoms with Gasteiger partial charge in [-0.3, -0.25) is 0 Å². The van der Waals surface area contributed by atoms with E-state index in [9.17, 15) is 9.47 Å². The minimum atomic E-state index is -2.34. The maximum atomic E-state index is 12.0. The quantitative estimate of drug-likeness (QED) is 0.532. The van der Waals surface area contributed by atoms with Crippen molar-refractivity contribution in [3.05, 3.63) is 58.8 Å². The highest BCUT2D eigenvalue weighted by Gasteiger charge is 2.49. The molecule has 1 saturated carbocycles. The number of pyridine rings is 1. The van der Waals surface area contributed by atoms with Gasteiger partial charge < -0.3 is 15.5 Å². The first-order chi connectivity index (χ1) is 17.3. The van der Waals surface area contributed by atoms with Crippen molar-refractivity contribution in [3.8, 4) is 6.07 Å². The molecule has 36 heavy (non-hydrogen) atoms. The number of rotatable bonds is 5. The van der Waals surface area contributed by atoms with Crippen LogP contribution in [0.5, 0.6) is 0 Å². The van der Waals surface area contributed by atoms with Gasteiger partial charge in [0.2, 0.25) is 5.95 Å². The lowest BCUT2D eigenvalue weighted by atomic mass is 9.77. The number of fused-ring (bicyclic) bond motifs is 2. The molecule has 6 rings (SSSR count). The first-order valence-electron chi connectivity index (χ1n) is 12.1. The van der Waals surface area contributed by atoms with Gasteiger partial charge in [0.05, 0.1) is 6.20 Å². The van der Waals surface area contributed by atoms with Crippen LogP contribution >= 0.6 is 0 Å². The Hall–Kier alpha value is -3.55. The SMILES string of the molecule is CN1Cc2cc(Nc3ncc(C#N)c(Nc4cccc(N=S(C)(C)=O)n4)n3)cc3c2C(C1)C1CC1C3. The van der Waals surface area contributed by atoms with Crippen molar-refractivity contribution in [2.24, 2.45) is 16.2 Å². The van der Waals surface area contributed by atoms with Gasteiger partial charge in [0.1, 0.15) is 17.5 Å². The van der Waals surface area contributed by atoms with Crippen LogP contribution in [0.15, 0.2) is 40.9 Å². The number of hydrogen-bond acceptors (Lipinski definition) is 9. The summed E-state index contributed by atoms with van der Waals surface area (Å²) in [6, 6.07) is 11.8. The Kier molecular flexibility index (Phi) is 5.43. The number of anilines is 4. The van der Waals surface area contributed by atoms with Crippen LogP contribution in [0.2, 0.25) is 0 Å². The molecule has 10 heteroatoms. The van der Waals surface area contributed by atoms with Gasteiger partial charge in [0.15, 0.2) is 11.6 Å². The average Bonchev–Trinajstić information content (AvgIpc) is 3.58. The first-order valence-corrected chi connectivity index (χ1v) is 14.4. The van der Waals surface area contributed by atoms with E-state index >= 15 is 0 Å². The lowest BCUT2D eigenvalue weighted by molar-refractivity contribution is 0.258. The van der Waals surface area contributed by atoms with Crippen LogP contribution in [0, 0.1) is 23.2 Å². The number of likely N-dealkylation sites (N-methyl/N-ethyl adjacent to an activating group) is 1. The number of nitrogens with one attached hydrogen (secondary N) is 2. The molecule has 9 nitrogen and oxygen atoms in total. The second-order valence-corrected chi connectivity index (χ2v) is 12.9. The molecule has 0 radical (unpaired) electrons. The summed E-state index contributed by atoms with van der Waals surface area (Å²) in [4.78, 5) is 15.8. The second kappa shape index (κ2) is 8.54. The Bertz CT molecular complexity index is 1530. The van der Waals surface area contributed by atoms with Crippen molar-refractivity contribution in [1.82, 2.24) is 19.9 Å².